The van der Waals surface area contributed by atoms with Gasteiger partial charge in [0.2, 0.25) is 5.91 Å². The van der Waals surface area contributed by atoms with Gasteiger partial charge >= 0.3 is 0 Å². The molecule has 170 valence electrons. The van der Waals surface area contributed by atoms with Crippen LogP contribution in [-0.4, -0.2) is 44.1 Å². The molecule has 0 bridgehead atoms. The number of carbonyl (C=O) groups is 2. The topological polar surface area (TPSA) is 67.2 Å². The number of rotatable bonds is 5. The first-order chi connectivity index (χ1) is 16.0. The maximum Gasteiger partial charge on any atom is 0.254 e. The van der Waals surface area contributed by atoms with E-state index in [0.29, 0.717) is 18.5 Å². The fourth-order valence-corrected chi connectivity index (χ4v) is 5.65. The summed E-state index contributed by atoms with van der Waals surface area (Å²) in [4.78, 5) is 28.7. The lowest BCUT2D eigenvalue weighted by atomic mass is 9.88. The van der Waals surface area contributed by atoms with Crippen LogP contribution < -0.4 is 5.32 Å². The van der Waals surface area contributed by atoms with Gasteiger partial charge in [-0.05, 0) is 55.9 Å². The lowest BCUT2D eigenvalue weighted by Gasteiger charge is -2.35. The molecule has 1 N–H and O–H groups in total. The zero-order valence-electron chi connectivity index (χ0n) is 19.0. The number of nitrogens with one attached hydrogen (secondary N) is 1. The predicted molar refractivity (Wildman–Crippen MR) is 127 cm³/mol. The number of amides is 2. The predicted octanol–water partition coefficient (Wildman–Crippen LogP) is 3.82. The molecule has 6 nitrogen and oxygen atoms in total. The molecule has 33 heavy (non-hydrogen) atoms. The molecule has 5 rings (SSSR count). The molecule has 3 heterocycles. The van der Waals surface area contributed by atoms with Gasteiger partial charge in [0, 0.05) is 30.4 Å². The molecule has 0 aliphatic carbocycles. The van der Waals surface area contributed by atoms with Gasteiger partial charge in [-0.15, -0.1) is 0 Å². The second kappa shape index (κ2) is 8.85. The number of hydrogen-bond donors (Lipinski definition) is 1. The Labute approximate surface area is 194 Å². The van der Waals surface area contributed by atoms with Crippen LogP contribution in [0.1, 0.15) is 54.1 Å². The van der Waals surface area contributed by atoms with E-state index in [1.54, 1.807) is 6.20 Å². The van der Waals surface area contributed by atoms with Gasteiger partial charge in [0.25, 0.3) is 5.91 Å². The molecule has 1 aromatic heterocycles. The van der Waals surface area contributed by atoms with Crippen LogP contribution in [0.15, 0.2) is 73.1 Å². The van der Waals surface area contributed by atoms with Crippen molar-refractivity contribution in [3.05, 3.63) is 89.7 Å². The monoisotopic (exact) mass is 442 g/mol. The molecule has 0 unspecified atom stereocenters. The fraction of sp³-hybridized carbons (Fsp3) is 0.370. The number of carbonyl (C=O) groups excluding carboxylic acids is 2. The van der Waals surface area contributed by atoms with Crippen molar-refractivity contribution >= 4 is 11.8 Å². The summed E-state index contributed by atoms with van der Waals surface area (Å²) in [6.07, 6.45) is 7.33. The first kappa shape index (κ1) is 21.4. The SMILES string of the molecule is C[C@]12C[C@@H](Cc3ccccc3)N(C(=O)c3ccccc3Cn3cccn3)[C@H]1CCCC(=O)N2. The van der Waals surface area contributed by atoms with Crippen molar-refractivity contribution in [1.29, 1.82) is 0 Å². The minimum absolute atomic E-state index is 0.0195. The smallest absolute Gasteiger partial charge is 0.254 e. The molecule has 2 aliphatic heterocycles. The standard InChI is InChI=1S/C27H30N4O2/c1-27-18-22(17-20-9-3-2-4-10-20)31(24(27)13-7-14-25(32)29-27)26(33)23-12-6-5-11-21(23)19-30-16-8-15-28-30/h2-6,8-12,15-16,22,24H,7,13-14,17-19H2,1H3,(H,29,32)/t22-,24+,27+/m1/s1. The molecule has 6 heteroatoms. The van der Waals surface area contributed by atoms with Gasteiger partial charge in [0.1, 0.15) is 0 Å². The van der Waals surface area contributed by atoms with Crippen molar-refractivity contribution < 1.29 is 9.59 Å². The molecule has 2 aromatic carbocycles. The Hall–Kier alpha value is -3.41. The molecular weight excluding hydrogens is 412 g/mol. The third kappa shape index (κ3) is 4.30. The van der Waals surface area contributed by atoms with Crippen molar-refractivity contribution in [1.82, 2.24) is 20.0 Å². The Morgan fingerprint density at radius 3 is 2.70 bits per heavy atom. The van der Waals surface area contributed by atoms with Gasteiger partial charge in [0.15, 0.2) is 0 Å². The summed E-state index contributed by atoms with van der Waals surface area (Å²) in [6, 6.07) is 20.0. The highest BCUT2D eigenvalue weighted by Crippen LogP contribution is 2.40. The number of hydrogen-bond acceptors (Lipinski definition) is 3. The number of aromatic nitrogens is 2. The number of benzene rings is 2. The first-order valence-corrected chi connectivity index (χ1v) is 11.8. The highest BCUT2D eigenvalue weighted by atomic mass is 16.2. The van der Waals surface area contributed by atoms with E-state index in [1.807, 2.05) is 59.4 Å². The molecule has 2 aliphatic rings. The zero-order valence-corrected chi connectivity index (χ0v) is 19.0. The van der Waals surface area contributed by atoms with E-state index in [4.69, 9.17) is 0 Å². The van der Waals surface area contributed by atoms with Crippen LogP contribution in [0, 0.1) is 0 Å². The minimum Gasteiger partial charge on any atom is -0.349 e. The van der Waals surface area contributed by atoms with Gasteiger partial charge in [0.05, 0.1) is 18.1 Å². The van der Waals surface area contributed by atoms with Crippen LogP contribution >= 0.6 is 0 Å². The maximum atomic E-state index is 14.2. The van der Waals surface area contributed by atoms with Gasteiger partial charge < -0.3 is 10.2 Å². The van der Waals surface area contributed by atoms with Crippen LogP contribution in [0.3, 0.4) is 0 Å². The normalized spacial score (nSPS) is 24.8. The van der Waals surface area contributed by atoms with E-state index >= 15 is 0 Å². The molecule has 0 saturated carbocycles. The van der Waals surface area contributed by atoms with E-state index in [0.717, 1.165) is 31.2 Å². The lowest BCUT2D eigenvalue weighted by molar-refractivity contribution is -0.122. The Kier molecular flexibility index (Phi) is 5.75. The molecule has 2 fully saturated rings. The minimum atomic E-state index is -0.417. The van der Waals surface area contributed by atoms with Crippen LogP contribution in [0.25, 0.3) is 0 Å². The number of likely N-dealkylation sites (tertiary alicyclic amines) is 1. The van der Waals surface area contributed by atoms with E-state index in [1.165, 1.54) is 5.56 Å². The van der Waals surface area contributed by atoms with Crippen molar-refractivity contribution in [2.45, 2.75) is 63.2 Å². The quantitative estimate of drug-likeness (QED) is 0.653. The molecule has 2 amide bonds. The maximum absolute atomic E-state index is 14.2. The van der Waals surface area contributed by atoms with Crippen molar-refractivity contribution in [2.75, 3.05) is 0 Å². The third-order valence-electron chi connectivity index (χ3n) is 7.12. The number of fused-ring (bicyclic) bond motifs is 1. The lowest BCUT2D eigenvalue weighted by Crippen LogP contribution is -2.54. The van der Waals surface area contributed by atoms with Crippen molar-refractivity contribution in [3.63, 3.8) is 0 Å². The first-order valence-electron chi connectivity index (χ1n) is 11.8. The van der Waals surface area contributed by atoms with E-state index in [2.05, 4.69) is 34.4 Å². The summed E-state index contributed by atoms with van der Waals surface area (Å²) in [5.74, 6) is 0.135. The average Bonchev–Trinajstić information content (AvgIpc) is 3.37. The molecule has 2 saturated heterocycles. The van der Waals surface area contributed by atoms with Crippen LogP contribution in [0.5, 0.6) is 0 Å². The van der Waals surface area contributed by atoms with Crippen LogP contribution in [0.4, 0.5) is 0 Å². The molecule has 3 atom stereocenters. The summed E-state index contributed by atoms with van der Waals surface area (Å²) >= 11 is 0. The number of nitrogens with zero attached hydrogens (tertiary/aromatic N) is 3. The van der Waals surface area contributed by atoms with Crippen LogP contribution in [0.2, 0.25) is 0 Å². The Bertz CT molecular complexity index is 1130. The molecule has 0 spiro atoms. The summed E-state index contributed by atoms with van der Waals surface area (Å²) in [6.45, 7) is 2.66. The van der Waals surface area contributed by atoms with Gasteiger partial charge in [-0.1, -0.05) is 48.5 Å². The second-order valence-corrected chi connectivity index (χ2v) is 9.49. The zero-order chi connectivity index (χ0) is 22.8. The summed E-state index contributed by atoms with van der Waals surface area (Å²) in [7, 11) is 0. The van der Waals surface area contributed by atoms with Gasteiger partial charge in [-0.2, -0.15) is 5.10 Å². The second-order valence-electron chi connectivity index (χ2n) is 9.49. The molecule has 3 aromatic rings. The Morgan fingerprint density at radius 1 is 1.12 bits per heavy atom. The summed E-state index contributed by atoms with van der Waals surface area (Å²) < 4.78 is 1.84. The van der Waals surface area contributed by atoms with Gasteiger partial charge in [-0.3, -0.25) is 14.3 Å². The highest BCUT2D eigenvalue weighted by Gasteiger charge is 2.52. The molecular formula is C27H30N4O2. The Balaban J connectivity index is 1.51. The molecule has 0 radical (unpaired) electrons. The third-order valence-corrected chi connectivity index (χ3v) is 7.12. The largest absolute Gasteiger partial charge is 0.349 e. The van der Waals surface area contributed by atoms with Gasteiger partial charge in [-0.25, -0.2) is 0 Å². The summed E-state index contributed by atoms with van der Waals surface area (Å²) in [5, 5.41) is 7.60. The van der Waals surface area contributed by atoms with Crippen molar-refractivity contribution in [3.8, 4) is 0 Å². The fourth-order valence-electron chi connectivity index (χ4n) is 5.65. The Morgan fingerprint density at radius 2 is 1.91 bits per heavy atom. The van der Waals surface area contributed by atoms with E-state index < -0.39 is 5.54 Å². The van der Waals surface area contributed by atoms with E-state index in [9.17, 15) is 9.59 Å². The average molecular weight is 443 g/mol. The highest BCUT2D eigenvalue weighted by molar-refractivity contribution is 5.96. The van der Waals surface area contributed by atoms with E-state index in [-0.39, 0.29) is 23.9 Å². The summed E-state index contributed by atoms with van der Waals surface area (Å²) in [5.41, 5.74) is 2.46. The van der Waals surface area contributed by atoms with Crippen LogP contribution in [-0.2, 0) is 17.8 Å². The van der Waals surface area contributed by atoms with Crippen molar-refractivity contribution in [2.24, 2.45) is 0 Å².